The van der Waals surface area contributed by atoms with Gasteiger partial charge in [0.15, 0.2) is 0 Å². The Balaban J connectivity index is 2.43. The molecule has 1 aliphatic heterocycles. The molecule has 0 bridgehead atoms. The predicted molar refractivity (Wildman–Crippen MR) is 62.9 cm³/mol. The van der Waals surface area contributed by atoms with Gasteiger partial charge in [-0.3, -0.25) is 0 Å². The van der Waals surface area contributed by atoms with Crippen LogP contribution in [0.5, 0.6) is 0 Å². The molecule has 0 atom stereocenters. The Morgan fingerprint density at radius 1 is 1.12 bits per heavy atom. The molecule has 1 aliphatic rings. The van der Waals surface area contributed by atoms with E-state index >= 15 is 0 Å². The SMILES string of the molecule is CN1CCCCCCCCNNN1C(N)=O. The van der Waals surface area contributed by atoms with Crippen LogP contribution in [-0.2, 0) is 0 Å². The van der Waals surface area contributed by atoms with Crippen LogP contribution < -0.4 is 16.7 Å². The van der Waals surface area contributed by atoms with E-state index in [0.29, 0.717) is 0 Å². The van der Waals surface area contributed by atoms with Crippen LogP contribution in [0.25, 0.3) is 0 Å². The zero-order valence-corrected chi connectivity index (χ0v) is 10.0. The van der Waals surface area contributed by atoms with Crippen LogP contribution in [0, 0.1) is 0 Å². The van der Waals surface area contributed by atoms with Crippen LogP contribution in [0.3, 0.4) is 0 Å². The molecule has 4 N–H and O–H groups in total. The molecular weight excluding hydrogens is 206 g/mol. The maximum absolute atomic E-state index is 11.2. The van der Waals surface area contributed by atoms with E-state index in [4.69, 9.17) is 5.73 Å². The molecule has 94 valence electrons. The van der Waals surface area contributed by atoms with Crippen molar-refractivity contribution < 1.29 is 4.79 Å². The van der Waals surface area contributed by atoms with Crippen molar-refractivity contribution in [2.45, 2.75) is 38.5 Å². The number of carbonyl (C=O) groups excluding carboxylic acids is 1. The third kappa shape index (κ3) is 4.78. The summed E-state index contributed by atoms with van der Waals surface area (Å²) in [5.74, 6) is 0. The van der Waals surface area contributed by atoms with Gasteiger partial charge in [0.05, 0.1) is 0 Å². The molecule has 16 heavy (non-hydrogen) atoms. The number of hydrogen-bond acceptors (Lipinski definition) is 4. The fraction of sp³-hybridized carbons (Fsp3) is 0.900. The molecule has 0 unspecified atom stereocenters. The molecule has 0 radical (unpaired) electrons. The van der Waals surface area contributed by atoms with Gasteiger partial charge in [0.2, 0.25) is 0 Å². The van der Waals surface area contributed by atoms with E-state index in [1.807, 2.05) is 7.05 Å². The second-order valence-corrected chi connectivity index (χ2v) is 4.19. The van der Waals surface area contributed by atoms with Gasteiger partial charge >= 0.3 is 6.03 Å². The molecule has 2 amide bonds. The Morgan fingerprint density at radius 2 is 1.75 bits per heavy atom. The molecule has 0 saturated carbocycles. The van der Waals surface area contributed by atoms with Crippen LogP contribution in [0.2, 0.25) is 0 Å². The number of carbonyl (C=O) groups is 1. The van der Waals surface area contributed by atoms with Crippen LogP contribution >= 0.6 is 0 Å². The summed E-state index contributed by atoms with van der Waals surface area (Å²) in [6, 6.07) is -0.493. The lowest BCUT2D eigenvalue weighted by Crippen LogP contribution is -2.59. The number of primary amides is 1. The van der Waals surface area contributed by atoms with E-state index in [1.54, 1.807) is 5.01 Å². The van der Waals surface area contributed by atoms with Crippen LogP contribution in [-0.4, -0.2) is 36.3 Å². The molecule has 6 nitrogen and oxygen atoms in total. The lowest BCUT2D eigenvalue weighted by molar-refractivity contribution is -0.0186. The highest BCUT2D eigenvalue weighted by Gasteiger charge is 2.14. The van der Waals surface area contributed by atoms with Crippen molar-refractivity contribution >= 4 is 6.03 Å². The average molecular weight is 229 g/mol. The van der Waals surface area contributed by atoms with Gasteiger partial charge in [0, 0.05) is 20.1 Å². The van der Waals surface area contributed by atoms with Gasteiger partial charge in [-0.25, -0.2) is 15.2 Å². The first-order valence-corrected chi connectivity index (χ1v) is 6.01. The molecule has 0 aliphatic carbocycles. The highest BCUT2D eigenvalue weighted by Crippen LogP contribution is 2.06. The van der Waals surface area contributed by atoms with Crippen LogP contribution in [0.4, 0.5) is 4.79 Å². The summed E-state index contributed by atoms with van der Waals surface area (Å²) in [5.41, 5.74) is 11.1. The first kappa shape index (κ1) is 13.2. The standard InChI is InChI=1S/C10H23N5O/c1-14-9-7-5-3-2-4-6-8-12-13-15(14)10(11)16/h12-13H,2-9H2,1H3,(H2,11,16). The zero-order valence-electron chi connectivity index (χ0n) is 10.0. The molecule has 0 aromatic rings. The molecule has 6 heteroatoms. The van der Waals surface area contributed by atoms with Gasteiger partial charge in [-0.05, 0) is 12.8 Å². The summed E-state index contributed by atoms with van der Waals surface area (Å²) in [7, 11) is 1.85. The van der Waals surface area contributed by atoms with Crippen molar-refractivity contribution in [1.82, 2.24) is 21.1 Å². The predicted octanol–water partition coefficient (Wildman–Crippen LogP) is 0.577. The Kier molecular flexibility index (Phi) is 6.14. The fourth-order valence-electron chi connectivity index (χ4n) is 1.80. The monoisotopic (exact) mass is 229 g/mol. The topological polar surface area (TPSA) is 73.6 Å². The van der Waals surface area contributed by atoms with Crippen molar-refractivity contribution in [1.29, 1.82) is 0 Å². The van der Waals surface area contributed by atoms with E-state index in [1.165, 1.54) is 30.8 Å². The maximum atomic E-state index is 11.2. The highest BCUT2D eigenvalue weighted by molar-refractivity contribution is 5.70. The van der Waals surface area contributed by atoms with Crippen LogP contribution in [0.15, 0.2) is 0 Å². The van der Waals surface area contributed by atoms with E-state index < -0.39 is 6.03 Å². The second-order valence-electron chi connectivity index (χ2n) is 4.19. The number of hydrazine groups is 3. The number of hydrogen-bond donors (Lipinski definition) is 3. The lowest BCUT2D eigenvalue weighted by atomic mass is 10.1. The van der Waals surface area contributed by atoms with E-state index in [9.17, 15) is 4.79 Å². The van der Waals surface area contributed by atoms with E-state index in [0.717, 1.165) is 25.9 Å². The number of amides is 2. The smallest absolute Gasteiger partial charge is 0.345 e. The Bertz CT molecular complexity index is 211. The fourth-order valence-corrected chi connectivity index (χ4v) is 1.80. The quantitative estimate of drug-likeness (QED) is 0.568. The molecule has 1 fully saturated rings. The van der Waals surface area contributed by atoms with E-state index in [-0.39, 0.29) is 0 Å². The minimum atomic E-state index is -0.493. The first-order valence-electron chi connectivity index (χ1n) is 6.01. The Hall–Kier alpha value is -0.850. The minimum Gasteiger partial charge on any atom is -0.349 e. The van der Waals surface area contributed by atoms with Crippen molar-refractivity contribution in [3.05, 3.63) is 0 Å². The molecule has 1 heterocycles. The van der Waals surface area contributed by atoms with Gasteiger partial charge in [-0.2, -0.15) is 10.7 Å². The van der Waals surface area contributed by atoms with Crippen molar-refractivity contribution in [3.8, 4) is 0 Å². The third-order valence-electron chi connectivity index (χ3n) is 2.77. The largest absolute Gasteiger partial charge is 0.349 e. The zero-order chi connectivity index (χ0) is 11.8. The molecule has 0 aromatic carbocycles. The van der Waals surface area contributed by atoms with Crippen molar-refractivity contribution in [2.24, 2.45) is 5.73 Å². The second kappa shape index (κ2) is 7.43. The molecule has 0 spiro atoms. The van der Waals surface area contributed by atoms with Gasteiger partial charge in [0.1, 0.15) is 0 Å². The van der Waals surface area contributed by atoms with Crippen molar-refractivity contribution in [3.63, 3.8) is 0 Å². The summed E-state index contributed by atoms with van der Waals surface area (Å²) in [6.45, 7) is 1.68. The van der Waals surface area contributed by atoms with Crippen LogP contribution in [0.1, 0.15) is 38.5 Å². The molecular formula is C10H23N5O. The molecule has 0 aromatic heterocycles. The summed E-state index contributed by atoms with van der Waals surface area (Å²) >= 11 is 0. The van der Waals surface area contributed by atoms with E-state index in [2.05, 4.69) is 11.0 Å². The Morgan fingerprint density at radius 3 is 2.44 bits per heavy atom. The van der Waals surface area contributed by atoms with Gasteiger partial charge in [-0.15, -0.1) is 0 Å². The molecule has 1 rings (SSSR count). The average Bonchev–Trinajstić information content (AvgIpc) is 2.22. The number of urea groups is 1. The minimum absolute atomic E-state index is 0.493. The summed E-state index contributed by atoms with van der Waals surface area (Å²) < 4.78 is 0. The Labute approximate surface area is 97.0 Å². The normalized spacial score (nSPS) is 22.2. The highest BCUT2D eigenvalue weighted by atomic mass is 16.2. The number of nitrogens with two attached hydrogens (primary N) is 1. The lowest BCUT2D eigenvalue weighted by Gasteiger charge is -2.30. The van der Waals surface area contributed by atoms with Gasteiger partial charge in [-0.1, -0.05) is 25.7 Å². The summed E-state index contributed by atoms with van der Waals surface area (Å²) in [6.07, 6.45) is 7.22. The number of rotatable bonds is 0. The number of nitrogens with zero attached hydrogens (tertiary/aromatic N) is 2. The van der Waals surface area contributed by atoms with Gasteiger partial charge < -0.3 is 5.73 Å². The van der Waals surface area contributed by atoms with Gasteiger partial charge in [0.25, 0.3) is 0 Å². The first-order chi connectivity index (χ1) is 7.72. The summed E-state index contributed by atoms with van der Waals surface area (Å²) in [5, 5.41) is 3.12. The third-order valence-corrected chi connectivity index (χ3v) is 2.77. The summed E-state index contributed by atoms with van der Waals surface area (Å²) in [4.78, 5) is 11.2. The maximum Gasteiger partial charge on any atom is 0.345 e. The molecule has 1 saturated heterocycles. The number of nitrogens with one attached hydrogen (secondary N) is 2. The van der Waals surface area contributed by atoms with Crippen molar-refractivity contribution in [2.75, 3.05) is 20.1 Å².